The number of nitrogens with zero attached hydrogens (tertiary/aromatic N) is 2. The first kappa shape index (κ1) is 15.5. The molecule has 0 spiro atoms. The highest BCUT2D eigenvalue weighted by Gasteiger charge is 2.28. The number of benzene rings is 2. The molecule has 0 aromatic heterocycles. The Kier molecular flexibility index (Phi) is 4.28. The number of hydrogen-bond acceptors (Lipinski definition) is 3. The van der Waals surface area contributed by atoms with Gasteiger partial charge in [-0.15, -0.1) is 0 Å². The second-order valence-electron chi connectivity index (χ2n) is 6.29. The molecule has 1 heterocycles. The Bertz CT molecular complexity index is 734. The number of carbonyl (C=O) groups excluding carboxylic acids is 1. The van der Waals surface area contributed by atoms with E-state index in [0.717, 1.165) is 23.5 Å². The average molecular weight is 306 g/mol. The van der Waals surface area contributed by atoms with Gasteiger partial charge in [0.1, 0.15) is 5.84 Å². The summed E-state index contributed by atoms with van der Waals surface area (Å²) < 4.78 is 0. The van der Waals surface area contributed by atoms with Crippen LogP contribution in [0, 0.1) is 0 Å². The summed E-state index contributed by atoms with van der Waals surface area (Å²) in [6, 6.07) is 17.8. The van der Waals surface area contributed by atoms with Crippen LogP contribution in [0.1, 0.15) is 42.3 Å². The summed E-state index contributed by atoms with van der Waals surface area (Å²) in [6.07, 6.45) is 0. The zero-order chi connectivity index (χ0) is 16.4. The molecule has 0 aliphatic carbocycles. The van der Waals surface area contributed by atoms with Crippen molar-refractivity contribution < 1.29 is 4.79 Å². The molecule has 3 heteroatoms. The van der Waals surface area contributed by atoms with E-state index in [1.807, 2.05) is 54.6 Å². The van der Waals surface area contributed by atoms with Crippen LogP contribution in [0.15, 0.2) is 59.6 Å². The predicted octanol–water partition coefficient (Wildman–Crippen LogP) is 3.78. The fraction of sp³-hybridized carbons (Fsp3) is 0.300. The molecule has 2 aromatic carbocycles. The molecule has 1 aliphatic rings. The van der Waals surface area contributed by atoms with E-state index in [-0.39, 0.29) is 11.8 Å². The van der Waals surface area contributed by atoms with Crippen molar-refractivity contribution in [1.82, 2.24) is 4.90 Å². The maximum atomic E-state index is 12.9. The van der Waals surface area contributed by atoms with E-state index < -0.39 is 0 Å². The normalized spacial score (nSPS) is 17.5. The Labute approximate surface area is 137 Å². The molecule has 3 rings (SSSR count). The Morgan fingerprint density at radius 1 is 1.09 bits per heavy atom. The first-order valence-electron chi connectivity index (χ1n) is 8.11. The van der Waals surface area contributed by atoms with Gasteiger partial charge in [0.15, 0.2) is 5.78 Å². The molecule has 0 saturated heterocycles. The highest BCUT2D eigenvalue weighted by atomic mass is 16.1. The minimum atomic E-state index is 0.0483. The van der Waals surface area contributed by atoms with Crippen LogP contribution in [0.2, 0.25) is 0 Å². The molecular weight excluding hydrogens is 284 g/mol. The Morgan fingerprint density at radius 3 is 2.43 bits per heavy atom. The van der Waals surface area contributed by atoms with Crippen LogP contribution in [-0.4, -0.2) is 35.1 Å². The molecule has 0 fully saturated rings. The SMILES string of the molecule is CC1CN(C(C)C)C(c2ccccc2C(=O)c2ccccc2)=N1. The second-order valence-corrected chi connectivity index (χ2v) is 6.29. The van der Waals surface area contributed by atoms with Gasteiger partial charge in [-0.2, -0.15) is 0 Å². The standard InChI is InChI=1S/C20H22N2O/c1-14(2)22-13-15(3)21-20(22)18-12-8-7-11-17(18)19(23)16-9-5-4-6-10-16/h4-12,14-15H,13H2,1-3H3. The van der Waals surface area contributed by atoms with Gasteiger partial charge >= 0.3 is 0 Å². The van der Waals surface area contributed by atoms with Crippen LogP contribution in [0.25, 0.3) is 0 Å². The molecule has 1 atom stereocenters. The van der Waals surface area contributed by atoms with Gasteiger partial charge in [0.05, 0.1) is 6.04 Å². The molecule has 0 radical (unpaired) electrons. The lowest BCUT2D eigenvalue weighted by Gasteiger charge is -2.26. The lowest BCUT2D eigenvalue weighted by molar-refractivity contribution is 0.103. The van der Waals surface area contributed by atoms with Crippen LogP contribution in [0.5, 0.6) is 0 Å². The van der Waals surface area contributed by atoms with E-state index in [4.69, 9.17) is 4.99 Å². The highest BCUT2D eigenvalue weighted by Crippen LogP contribution is 2.22. The van der Waals surface area contributed by atoms with Crippen molar-refractivity contribution in [2.24, 2.45) is 4.99 Å². The van der Waals surface area contributed by atoms with Crippen molar-refractivity contribution >= 4 is 11.6 Å². The van der Waals surface area contributed by atoms with Crippen LogP contribution >= 0.6 is 0 Å². The van der Waals surface area contributed by atoms with Crippen LogP contribution < -0.4 is 0 Å². The van der Waals surface area contributed by atoms with Crippen molar-refractivity contribution in [3.63, 3.8) is 0 Å². The van der Waals surface area contributed by atoms with Gasteiger partial charge in [0.25, 0.3) is 0 Å². The van der Waals surface area contributed by atoms with E-state index in [1.165, 1.54) is 0 Å². The summed E-state index contributed by atoms with van der Waals surface area (Å²) in [5, 5.41) is 0. The van der Waals surface area contributed by atoms with Gasteiger partial charge in [-0.3, -0.25) is 9.79 Å². The molecule has 0 bridgehead atoms. The second kappa shape index (κ2) is 6.37. The van der Waals surface area contributed by atoms with Gasteiger partial charge < -0.3 is 4.90 Å². The molecule has 3 nitrogen and oxygen atoms in total. The maximum Gasteiger partial charge on any atom is 0.193 e. The molecule has 118 valence electrons. The van der Waals surface area contributed by atoms with Gasteiger partial charge in [-0.25, -0.2) is 0 Å². The van der Waals surface area contributed by atoms with Gasteiger partial charge in [0, 0.05) is 29.3 Å². The summed E-state index contributed by atoms with van der Waals surface area (Å²) in [6.45, 7) is 7.34. The molecule has 1 aliphatic heterocycles. The lowest BCUT2D eigenvalue weighted by Crippen LogP contribution is -2.36. The van der Waals surface area contributed by atoms with Crippen molar-refractivity contribution in [2.75, 3.05) is 6.54 Å². The van der Waals surface area contributed by atoms with E-state index in [9.17, 15) is 4.79 Å². The number of rotatable bonds is 4. The van der Waals surface area contributed by atoms with Crippen LogP contribution in [0.4, 0.5) is 0 Å². The minimum Gasteiger partial charge on any atom is -0.352 e. The minimum absolute atomic E-state index is 0.0483. The van der Waals surface area contributed by atoms with E-state index in [2.05, 4.69) is 25.7 Å². The van der Waals surface area contributed by atoms with E-state index in [0.29, 0.717) is 11.6 Å². The summed E-state index contributed by atoms with van der Waals surface area (Å²) in [4.78, 5) is 20.0. The zero-order valence-electron chi connectivity index (χ0n) is 13.9. The molecular formula is C20H22N2O. The molecule has 0 saturated carbocycles. The van der Waals surface area contributed by atoms with Crippen LogP contribution in [0.3, 0.4) is 0 Å². The molecule has 23 heavy (non-hydrogen) atoms. The maximum absolute atomic E-state index is 12.9. The monoisotopic (exact) mass is 306 g/mol. The zero-order valence-corrected chi connectivity index (χ0v) is 13.9. The number of amidine groups is 1. The average Bonchev–Trinajstić information content (AvgIpc) is 2.97. The first-order chi connectivity index (χ1) is 11.1. The fourth-order valence-electron chi connectivity index (χ4n) is 3.00. The van der Waals surface area contributed by atoms with Crippen molar-refractivity contribution in [1.29, 1.82) is 0 Å². The lowest BCUT2D eigenvalue weighted by atomic mass is 9.97. The van der Waals surface area contributed by atoms with E-state index in [1.54, 1.807) is 0 Å². The third-order valence-electron chi connectivity index (χ3n) is 4.15. The predicted molar refractivity (Wildman–Crippen MR) is 94.2 cm³/mol. The topological polar surface area (TPSA) is 32.7 Å². The number of aliphatic imine (C=N–C) groups is 1. The Hall–Kier alpha value is -2.42. The van der Waals surface area contributed by atoms with Crippen molar-refractivity contribution in [3.8, 4) is 0 Å². The molecule has 0 amide bonds. The quantitative estimate of drug-likeness (QED) is 0.805. The third-order valence-corrected chi connectivity index (χ3v) is 4.15. The molecule has 1 unspecified atom stereocenters. The number of ketones is 1. The smallest absolute Gasteiger partial charge is 0.193 e. The van der Waals surface area contributed by atoms with Gasteiger partial charge in [-0.1, -0.05) is 54.6 Å². The third kappa shape index (κ3) is 3.04. The number of carbonyl (C=O) groups is 1. The summed E-state index contributed by atoms with van der Waals surface area (Å²) in [5.41, 5.74) is 2.36. The van der Waals surface area contributed by atoms with Gasteiger partial charge in [0.2, 0.25) is 0 Å². The van der Waals surface area contributed by atoms with E-state index >= 15 is 0 Å². The fourth-order valence-corrected chi connectivity index (χ4v) is 3.00. The van der Waals surface area contributed by atoms with Crippen molar-refractivity contribution in [2.45, 2.75) is 32.9 Å². The first-order valence-corrected chi connectivity index (χ1v) is 8.11. The Balaban J connectivity index is 2.05. The summed E-state index contributed by atoms with van der Waals surface area (Å²) in [5.74, 6) is 0.986. The number of hydrogen-bond donors (Lipinski definition) is 0. The van der Waals surface area contributed by atoms with Gasteiger partial charge in [-0.05, 0) is 20.8 Å². The molecule has 0 N–H and O–H groups in total. The molecule has 2 aromatic rings. The van der Waals surface area contributed by atoms with Crippen LogP contribution in [-0.2, 0) is 0 Å². The summed E-state index contributed by atoms with van der Waals surface area (Å²) >= 11 is 0. The Morgan fingerprint density at radius 2 is 1.74 bits per heavy atom. The summed E-state index contributed by atoms with van der Waals surface area (Å²) in [7, 11) is 0. The van der Waals surface area contributed by atoms with Crippen molar-refractivity contribution in [3.05, 3.63) is 71.3 Å². The highest BCUT2D eigenvalue weighted by molar-refractivity contribution is 6.16. The largest absolute Gasteiger partial charge is 0.352 e.